The Bertz CT molecular complexity index is 695. The fraction of sp³-hybridized carbons (Fsp3) is 0.417. The highest BCUT2D eigenvalue weighted by Crippen LogP contribution is 2.27. The van der Waals surface area contributed by atoms with E-state index in [1.807, 2.05) is 5.43 Å². The van der Waals surface area contributed by atoms with Gasteiger partial charge in [0.2, 0.25) is 0 Å². The van der Waals surface area contributed by atoms with E-state index in [4.69, 9.17) is 9.84 Å². The molecule has 0 unspecified atom stereocenters. The molecule has 0 saturated carbocycles. The quantitative estimate of drug-likeness (QED) is 0.430. The minimum Gasteiger partial charge on any atom is -0.394 e. The number of aromatic nitrogens is 2. The van der Waals surface area contributed by atoms with Crippen molar-refractivity contribution in [2.75, 3.05) is 12.0 Å². The van der Waals surface area contributed by atoms with Crippen LogP contribution in [0, 0.1) is 0 Å². The molecule has 10 nitrogen and oxygen atoms in total. The molecule has 0 aromatic carbocycles. The average molecular weight is 313 g/mol. The lowest BCUT2D eigenvalue weighted by Gasteiger charge is -2.18. The van der Waals surface area contributed by atoms with Gasteiger partial charge in [-0.3, -0.25) is 19.6 Å². The first kappa shape index (κ1) is 16.1. The first-order chi connectivity index (χ1) is 10.4. The molecule has 120 valence electrons. The van der Waals surface area contributed by atoms with Crippen LogP contribution in [0.2, 0.25) is 0 Å². The summed E-state index contributed by atoms with van der Waals surface area (Å²) in [6.07, 6.45) is -3.35. The number of hydrogen-bond acceptors (Lipinski definition) is 7. The van der Waals surface area contributed by atoms with Crippen molar-refractivity contribution in [1.82, 2.24) is 9.24 Å². The number of nitrogens with zero attached hydrogens (tertiary/aromatic N) is 2. The summed E-state index contributed by atoms with van der Waals surface area (Å²) in [6.45, 7) is 2.64. The minimum absolute atomic E-state index is 0.415. The fourth-order valence-electron chi connectivity index (χ4n) is 2.05. The molecule has 1 amide bonds. The highest BCUT2D eigenvalue weighted by Gasteiger charge is 2.43. The number of rotatable bonds is 4. The van der Waals surface area contributed by atoms with Crippen molar-refractivity contribution in [1.29, 1.82) is 0 Å². The molecule has 0 spiro atoms. The molecule has 2 rings (SSSR count). The van der Waals surface area contributed by atoms with Crippen molar-refractivity contribution < 1.29 is 24.9 Å². The second-order valence-electron chi connectivity index (χ2n) is 4.59. The van der Waals surface area contributed by atoms with Gasteiger partial charge in [0.1, 0.15) is 18.3 Å². The highest BCUT2D eigenvalue weighted by molar-refractivity contribution is 5.93. The molecule has 4 N–H and O–H groups in total. The van der Waals surface area contributed by atoms with Crippen molar-refractivity contribution in [2.24, 2.45) is 0 Å². The summed E-state index contributed by atoms with van der Waals surface area (Å²) in [7, 11) is 0. The normalized spacial score (nSPS) is 27.6. The Morgan fingerprint density at radius 1 is 1.41 bits per heavy atom. The number of nitrogens with one attached hydrogen (secondary N) is 1. The van der Waals surface area contributed by atoms with Gasteiger partial charge in [0.25, 0.3) is 11.5 Å². The zero-order valence-corrected chi connectivity index (χ0v) is 11.3. The molecule has 1 saturated heterocycles. The summed E-state index contributed by atoms with van der Waals surface area (Å²) in [6, 6.07) is 0.972. The molecule has 1 aliphatic heterocycles. The molecular formula is C12H15N3O7. The predicted molar refractivity (Wildman–Crippen MR) is 72.5 cm³/mol. The first-order valence-corrected chi connectivity index (χ1v) is 6.30. The van der Waals surface area contributed by atoms with Crippen LogP contribution in [0.15, 0.2) is 34.5 Å². The molecule has 0 radical (unpaired) electrons. The van der Waals surface area contributed by atoms with Gasteiger partial charge in [-0.05, 0) is 6.08 Å². The smallest absolute Gasteiger partial charge is 0.352 e. The lowest BCUT2D eigenvalue weighted by Crippen LogP contribution is -2.47. The number of carbonyl (C=O) groups excluding carboxylic acids is 1. The highest BCUT2D eigenvalue weighted by atomic mass is 16.6. The van der Waals surface area contributed by atoms with Gasteiger partial charge in [0.15, 0.2) is 6.23 Å². The topological polar surface area (TPSA) is 143 Å². The monoisotopic (exact) mass is 313 g/mol. The van der Waals surface area contributed by atoms with E-state index in [1.54, 1.807) is 0 Å². The van der Waals surface area contributed by atoms with Crippen molar-refractivity contribution in [3.8, 4) is 0 Å². The Hall–Kier alpha value is -2.27. The standard InChI is InChI=1S/C12H15N3O7/c1-2-7(17)13-15-8(18)3-4-14(12(15)21)11-10(20)9(19)6(5-16)22-11/h2-4,6,9-11,16,19-20H,1,5H2,(H,13,17)/t6-,9-,10-,11-/m1/s1. The minimum atomic E-state index is -1.49. The molecule has 0 aliphatic carbocycles. The summed E-state index contributed by atoms with van der Waals surface area (Å²) in [4.78, 5) is 35.1. The lowest BCUT2D eigenvalue weighted by molar-refractivity contribution is -0.112. The van der Waals surface area contributed by atoms with E-state index in [-0.39, 0.29) is 0 Å². The van der Waals surface area contributed by atoms with Gasteiger partial charge in [-0.2, -0.15) is 4.68 Å². The number of aliphatic hydroxyl groups excluding tert-OH is 3. The summed E-state index contributed by atoms with van der Waals surface area (Å²) < 4.78 is 6.44. The predicted octanol–water partition coefficient (Wildman–Crippen LogP) is -3.12. The molecule has 1 aromatic heterocycles. The maximum Gasteiger partial charge on any atom is 0.352 e. The number of aliphatic hydroxyl groups is 3. The zero-order chi connectivity index (χ0) is 16.4. The second-order valence-corrected chi connectivity index (χ2v) is 4.59. The number of amides is 1. The third-order valence-electron chi connectivity index (χ3n) is 3.21. The Balaban J connectivity index is 2.43. The first-order valence-electron chi connectivity index (χ1n) is 6.30. The number of carbonyl (C=O) groups is 1. The van der Waals surface area contributed by atoms with Crippen LogP contribution >= 0.6 is 0 Å². The van der Waals surface area contributed by atoms with Gasteiger partial charge in [0, 0.05) is 12.3 Å². The van der Waals surface area contributed by atoms with Crippen molar-refractivity contribution in [3.63, 3.8) is 0 Å². The Kier molecular flexibility index (Phi) is 4.56. The summed E-state index contributed by atoms with van der Waals surface area (Å²) >= 11 is 0. The van der Waals surface area contributed by atoms with Crippen LogP contribution in [-0.4, -0.2) is 55.4 Å². The second kappa shape index (κ2) is 6.23. The average Bonchev–Trinajstić information content (AvgIpc) is 2.79. The molecule has 10 heteroatoms. The molecule has 2 heterocycles. The van der Waals surface area contributed by atoms with Crippen molar-refractivity contribution in [2.45, 2.75) is 24.5 Å². The fourth-order valence-corrected chi connectivity index (χ4v) is 2.05. The summed E-state index contributed by atoms with van der Waals surface area (Å²) in [5.41, 5.74) is 0.217. The molecule has 22 heavy (non-hydrogen) atoms. The Morgan fingerprint density at radius 2 is 2.09 bits per heavy atom. The van der Waals surface area contributed by atoms with Gasteiger partial charge < -0.3 is 20.1 Å². The molecule has 0 bridgehead atoms. The van der Waals surface area contributed by atoms with Crippen LogP contribution in [-0.2, 0) is 9.53 Å². The summed E-state index contributed by atoms with van der Waals surface area (Å²) in [5, 5.41) is 28.6. The third kappa shape index (κ3) is 2.72. The summed E-state index contributed by atoms with van der Waals surface area (Å²) in [5.74, 6) is -0.780. The van der Waals surface area contributed by atoms with E-state index in [0.717, 1.165) is 22.9 Å². The van der Waals surface area contributed by atoms with Gasteiger partial charge in [-0.1, -0.05) is 6.58 Å². The number of hydrogen-bond donors (Lipinski definition) is 4. The largest absolute Gasteiger partial charge is 0.394 e. The van der Waals surface area contributed by atoms with E-state index in [9.17, 15) is 24.6 Å². The van der Waals surface area contributed by atoms with E-state index >= 15 is 0 Å². The molecule has 1 aromatic rings. The Labute approximate surface area is 123 Å². The van der Waals surface area contributed by atoms with E-state index in [0.29, 0.717) is 4.68 Å². The van der Waals surface area contributed by atoms with Crippen LogP contribution in [0.3, 0.4) is 0 Å². The van der Waals surface area contributed by atoms with Crippen LogP contribution in [0.25, 0.3) is 0 Å². The van der Waals surface area contributed by atoms with Gasteiger partial charge in [-0.15, -0.1) is 0 Å². The molecule has 1 aliphatic rings. The lowest BCUT2D eigenvalue weighted by atomic mass is 10.1. The zero-order valence-electron chi connectivity index (χ0n) is 11.3. The van der Waals surface area contributed by atoms with Crippen LogP contribution < -0.4 is 16.7 Å². The Morgan fingerprint density at radius 3 is 2.64 bits per heavy atom. The van der Waals surface area contributed by atoms with Crippen molar-refractivity contribution >= 4 is 5.91 Å². The maximum atomic E-state index is 12.2. The number of ether oxygens (including phenoxy) is 1. The molecular weight excluding hydrogens is 298 g/mol. The third-order valence-corrected chi connectivity index (χ3v) is 3.21. The van der Waals surface area contributed by atoms with Crippen LogP contribution in [0.1, 0.15) is 6.23 Å². The maximum absolute atomic E-state index is 12.2. The van der Waals surface area contributed by atoms with Crippen LogP contribution in [0.5, 0.6) is 0 Å². The SMILES string of the molecule is C=CC(=O)Nn1c(=O)ccn([C@@H]2O[C@H](CO)[C@@H](O)[C@H]2O)c1=O. The van der Waals surface area contributed by atoms with Gasteiger partial charge in [-0.25, -0.2) is 4.79 Å². The van der Waals surface area contributed by atoms with Crippen molar-refractivity contribution in [3.05, 3.63) is 45.8 Å². The van der Waals surface area contributed by atoms with Gasteiger partial charge in [0.05, 0.1) is 6.61 Å². The van der Waals surface area contributed by atoms with E-state index in [1.165, 1.54) is 0 Å². The molecule has 4 atom stereocenters. The molecule has 1 fully saturated rings. The van der Waals surface area contributed by atoms with E-state index < -0.39 is 48.3 Å². The van der Waals surface area contributed by atoms with Crippen LogP contribution in [0.4, 0.5) is 0 Å². The van der Waals surface area contributed by atoms with E-state index in [2.05, 4.69) is 6.58 Å². The van der Waals surface area contributed by atoms with Gasteiger partial charge >= 0.3 is 5.69 Å².